The van der Waals surface area contributed by atoms with Crippen LogP contribution in [0.2, 0.25) is 13.1 Å². The van der Waals surface area contributed by atoms with Crippen molar-refractivity contribution in [1.29, 1.82) is 0 Å². The van der Waals surface area contributed by atoms with Gasteiger partial charge in [0.25, 0.3) is 0 Å². The smallest absolute Gasteiger partial charge is 0.251 e. The van der Waals surface area contributed by atoms with Crippen molar-refractivity contribution in [2.24, 2.45) is 0 Å². The fraction of sp³-hybridized carbons (Fsp3) is 0.481. The Morgan fingerprint density at radius 2 is 1.40 bits per heavy atom. The van der Waals surface area contributed by atoms with Crippen LogP contribution in [0, 0.1) is 0 Å². The molecule has 0 fully saturated rings. The lowest BCUT2D eigenvalue weighted by atomic mass is 9.78. The van der Waals surface area contributed by atoms with Gasteiger partial charge in [0.05, 0.1) is 8.80 Å². The predicted molar refractivity (Wildman–Crippen MR) is 138 cm³/mol. The number of hydrogen-bond acceptors (Lipinski definition) is 3. The molecule has 0 spiro atoms. The van der Waals surface area contributed by atoms with Crippen LogP contribution in [0.25, 0.3) is 17.2 Å². The molecule has 1 radical (unpaired) electrons. The van der Waals surface area contributed by atoms with Gasteiger partial charge in [-0.3, -0.25) is 4.18 Å². The van der Waals surface area contributed by atoms with Crippen molar-refractivity contribution in [2.75, 3.05) is 0 Å². The Kier molecular flexibility index (Phi) is 6.80. The standard InChI is InChI=1S/C27H34F3O3SSi/c1-17-13-22-21(18-14-19(24(2,3)4)16-20(15-18)25(5,6)7)11-10-12-23(22)26(17,35(8)9)33-34(31,32)27(28,29)30/h10-16H,1-9H3. The molecule has 1 unspecified atom stereocenters. The van der Waals surface area contributed by atoms with Gasteiger partial charge >= 0.3 is 15.6 Å². The van der Waals surface area contributed by atoms with Crippen molar-refractivity contribution in [2.45, 2.75) is 83.1 Å². The highest BCUT2D eigenvalue weighted by atomic mass is 32.2. The molecule has 35 heavy (non-hydrogen) atoms. The van der Waals surface area contributed by atoms with Crippen LogP contribution in [-0.2, 0) is 30.4 Å². The van der Waals surface area contributed by atoms with Crippen LogP contribution in [0.15, 0.2) is 42.0 Å². The molecule has 0 aromatic heterocycles. The van der Waals surface area contributed by atoms with Gasteiger partial charge in [0.2, 0.25) is 0 Å². The second-order valence-electron chi connectivity index (χ2n) is 11.6. The lowest BCUT2D eigenvalue weighted by molar-refractivity contribution is -0.0583. The second-order valence-corrected chi connectivity index (χ2v) is 15.8. The van der Waals surface area contributed by atoms with Crippen LogP contribution in [0.4, 0.5) is 13.2 Å². The van der Waals surface area contributed by atoms with Gasteiger partial charge in [-0.2, -0.15) is 21.6 Å². The fourth-order valence-electron chi connectivity index (χ4n) is 4.53. The van der Waals surface area contributed by atoms with Crippen LogP contribution in [0.5, 0.6) is 0 Å². The summed E-state index contributed by atoms with van der Waals surface area (Å²) in [6.07, 6.45) is 1.79. The molecule has 1 atom stereocenters. The lowest BCUT2D eigenvalue weighted by Gasteiger charge is -2.35. The maximum absolute atomic E-state index is 13.4. The summed E-state index contributed by atoms with van der Waals surface area (Å²) in [7, 11) is -7.56. The summed E-state index contributed by atoms with van der Waals surface area (Å²) in [4.78, 5) is 0. The quantitative estimate of drug-likeness (QED) is 0.234. The monoisotopic (exact) mass is 523 g/mol. The summed E-state index contributed by atoms with van der Waals surface area (Å²) in [5.74, 6) is 0. The molecule has 3 rings (SSSR count). The maximum atomic E-state index is 13.4. The molecule has 1 aliphatic rings. The van der Waals surface area contributed by atoms with Crippen LogP contribution >= 0.6 is 0 Å². The molecular formula is C27H34F3O3SSi. The molecule has 3 nitrogen and oxygen atoms in total. The van der Waals surface area contributed by atoms with E-state index in [1.54, 1.807) is 38.2 Å². The van der Waals surface area contributed by atoms with E-state index in [-0.39, 0.29) is 10.8 Å². The zero-order valence-electron chi connectivity index (χ0n) is 21.8. The first-order valence-electron chi connectivity index (χ1n) is 11.5. The highest BCUT2D eigenvalue weighted by Gasteiger charge is 2.56. The van der Waals surface area contributed by atoms with Gasteiger partial charge in [0.1, 0.15) is 5.22 Å². The van der Waals surface area contributed by atoms with E-state index >= 15 is 0 Å². The van der Waals surface area contributed by atoms with E-state index in [2.05, 4.69) is 59.7 Å². The molecule has 0 aliphatic heterocycles. The second kappa shape index (κ2) is 8.59. The van der Waals surface area contributed by atoms with Gasteiger partial charge in [0, 0.05) is 0 Å². The van der Waals surface area contributed by atoms with Crippen LogP contribution < -0.4 is 0 Å². The number of alkyl halides is 3. The van der Waals surface area contributed by atoms with Gasteiger partial charge in [-0.1, -0.05) is 97.1 Å². The Labute approximate surface area is 209 Å². The zero-order valence-corrected chi connectivity index (χ0v) is 23.6. The Hall–Kier alpha value is -1.90. The fourth-order valence-corrected chi connectivity index (χ4v) is 7.79. The van der Waals surface area contributed by atoms with E-state index in [1.165, 1.54) is 0 Å². The van der Waals surface area contributed by atoms with E-state index in [0.717, 1.165) is 22.3 Å². The number of halogens is 3. The van der Waals surface area contributed by atoms with Gasteiger partial charge < -0.3 is 0 Å². The molecule has 2 aromatic carbocycles. The number of benzene rings is 2. The zero-order chi connectivity index (χ0) is 26.8. The van der Waals surface area contributed by atoms with Crippen LogP contribution in [-0.4, -0.2) is 22.7 Å². The average Bonchev–Trinajstić information content (AvgIpc) is 2.97. The van der Waals surface area contributed by atoms with Crippen molar-refractivity contribution < 1.29 is 25.8 Å². The van der Waals surface area contributed by atoms with Gasteiger partial charge in [-0.05, 0) is 56.7 Å². The van der Waals surface area contributed by atoms with E-state index in [9.17, 15) is 21.6 Å². The van der Waals surface area contributed by atoms with Gasteiger partial charge in [-0.15, -0.1) is 0 Å². The van der Waals surface area contributed by atoms with Crippen molar-refractivity contribution in [3.63, 3.8) is 0 Å². The third kappa shape index (κ3) is 4.89. The predicted octanol–water partition coefficient (Wildman–Crippen LogP) is 7.72. The number of fused-ring (bicyclic) bond motifs is 1. The summed E-state index contributed by atoms with van der Waals surface area (Å²) in [5, 5.41) is -1.64. The van der Waals surface area contributed by atoms with Crippen molar-refractivity contribution in [3.8, 4) is 11.1 Å². The van der Waals surface area contributed by atoms with Crippen molar-refractivity contribution in [1.82, 2.24) is 0 Å². The Morgan fingerprint density at radius 1 is 0.886 bits per heavy atom. The highest BCUT2D eigenvalue weighted by molar-refractivity contribution is 7.87. The molecule has 0 bridgehead atoms. The third-order valence-corrected chi connectivity index (χ3v) is 9.96. The van der Waals surface area contributed by atoms with Gasteiger partial charge in [0.15, 0.2) is 0 Å². The maximum Gasteiger partial charge on any atom is 0.523 e. The first kappa shape index (κ1) is 27.7. The largest absolute Gasteiger partial charge is 0.523 e. The summed E-state index contributed by atoms with van der Waals surface area (Å²) in [6, 6.07) is 11.8. The van der Waals surface area contributed by atoms with Crippen molar-refractivity contribution in [3.05, 3.63) is 64.2 Å². The minimum absolute atomic E-state index is 0.115. The molecule has 2 aromatic rings. The summed E-state index contributed by atoms with van der Waals surface area (Å²) in [6.45, 7) is 18.0. The molecule has 0 amide bonds. The Bertz CT molecular complexity index is 1250. The summed E-state index contributed by atoms with van der Waals surface area (Å²) in [5.41, 5.74) is -0.00158. The van der Waals surface area contributed by atoms with E-state index in [0.29, 0.717) is 16.7 Å². The first-order chi connectivity index (χ1) is 15.7. The summed E-state index contributed by atoms with van der Waals surface area (Å²) < 4.78 is 69.6. The normalized spacial score (nSPS) is 19.2. The van der Waals surface area contributed by atoms with Crippen molar-refractivity contribution >= 4 is 25.0 Å². The SMILES string of the molecule is CC1=Cc2c(-c3cc(C(C)(C)C)cc(C(C)(C)C)c3)cccc2C1(OS(=O)(=O)C(F)(F)F)[Si](C)C. The molecule has 0 heterocycles. The Morgan fingerprint density at radius 3 is 1.83 bits per heavy atom. The molecule has 191 valence electrons. The van der Waals surface area contributed by atoms with E-state index in [1.807, 2.05) is 6.07 Å². The average molecular weight is 524 g/mol. The molecule has 1 aliphatic carbocycles. The first-order valence-corrected chi connectivity index (χ1v) is 15.4. The molecular weight excluding hydrogens is 489 g/mol. The molecule has 0 N–H and O–H groups in total. The van der Waals surface area contributed by atoms with Crippen LogP contribution in [0.3, 0.4) is 0 Å². The van der Waals surface area contributed by atoms with E-state index < -0.39 is 29.6 Å². The number of hydrogen-bond donors (Lipinski definition) is 0. The molecule has 0 saturated carbocycles. The lowest BCUT2D eigenvalue weighted by Crippen LogP contribution is -2.46. The van der Waals surface area contributed by atoms with E-state index in [4.69, 9.17) is 4.18 Å². The Balaban J connectivity index is 2.32. The minimum atomic E-state index is -5.81. The third-order valence-electron chi connectivity index (χ3n) is 6.60. The molecule has 0 saturated heterocycles. The molecule has 8 heteroatoms. The number of rotatable bonds is 4. The van der Waals surface area contributed by atoms with Gasteiger partial charge in [-0.25, -0.2) is 0 Å². The topological polar surface area (TPSA) is 43.4 Å². The highest BCUT2D eigenvalue weighted by Crippen LogP contribution is 2.50. The summed E-state index contributed by atoms with van der Waals surface area (Å²) >= 11 is 0. The minimum Gasteiger partial charge on any atom is -0.251 e. The van der Waals surface area contributed by atoms with Crippen LogP contribution in [0.1, 0.15) is 70.7 Å².